The van der Waals surface area contributed by atoms with E-state index in [2.05, 4.69) is 35.2 Å². The van der Waals surface area contributed by atoms with Crippen molar-refractivity contribution >= 4 is 17.3 Å². The molecule has 1 fully saturated rings. The van der Waals surface area contributed by atoms with E-state index in [1.807, 2.05) is 6.92 Å². The Morgan fingerprint density at radius 3 is 2.71 bits per heavy atom. The summed E-state index contributed by atoms with van der Waals surface area (Å²) in [5.74, 6) is 0.741. The van der Waals surface area contributed by atoms with Crippen LogP contribution < -0.4 is 4.74 Å². The van der Waals surface area contributed by atoms with Gasteiger partial charge >= 0.3 is 5.97 Å². The molecule has 1 aliphatic heterocycles. The number of rotatable bonds is 9. The van der Waals surface area contributed by atoms with E-state index in [4.69, 9.17) is 9.47 Å². The second-order valence-corrected chi connectivity index (χ2v) is 8.12. The van der Waals surface area contributed by atoms with Crippen LogP contribution in [-0.2, 0) is 4.74 Å². The lowest BCUT2D eigenvalue weighted by atomic mass is 9.89. The standard InChI is InChI=1S/C22H29NO4S/c1-2-13-26-22(25)21-20(10-14-28-21)27-16-19(24)15-23-11-8-18(9-12-23)17-6-4-3-5-7-17/h3-7,10,14,18-19,24H,2,8-9,11-13,15-16H2,1H3. The molecule has 152 valence electrons. The summed E-state index contributed by atoms with van der Waals surface area (Å²) in [5, 5.41) is 12.2. The first-order valence-electron chi connectivity index (χ1n) is 10.00. The van der Waals surface area contributed by atoms with Crippen molar-refractivity contribution in [1.29, 1.82) is 0 Å². The Kier molecular flexibility index (Phi) is 7.89. The topological polar surface area (TPSA) is 59.0 Å². The van der Waals surface area contributed by atoms with Gasteiger partial charge in [0.2, 0.25) is 0 Å². The van der Waals surface area contributed by atoms with Gasteiger partial charge in [0.05, 0.1) is 6.61 Å². The van der Waals surface area contributed by atoms with E-state index in [1.54, 1.807) is 11.4 Å². The number of likely N-dealkylation sites (tertiary alicyclic amines) is 1. The minimum absolute atomic E-state index is 0.170. The highest BCUT2D eigenvalue weighted by atomic mass is 32.1. The number of ether oxygens (including phenoxy) is 2. The van der Waals surface area contributed by atoms with Crippen LogP contribution in [-0.4, -0.2) is 54.9 Å². The molecule has 0 spiro atoms. The molecule has 0 amide bonds. The zero-order chi connectivity index (χ0) is 19.8. The van der Waals surface area contributed by atoms with E-state index in [0.29, 0.717) is 29.7 Å². The van der Waals surface area contributed by atoms with Crippen molar-refractivity contribution in [1.82, 2.24) is 4.90 Å². The van der Waals surface area contributed by atoms with Gasteiger partial charge in [0, 0.05) is 6.54 Å². The normalized spacial score (nSPS) is 16.6. The Morgan fingerprint density at radius 1 is 1.25 bits per heavy atom. The zero-order valence-electron chi connectivity index (χ0n) is 16.4. The van der Waals surface area contributed by atoms with Gasteiger partial charge in [-0.05, 0) is 55.3 Å². The maximum absolute atomic E-state index is 12.0. The molecule has 1 aromatic carbocycles. The molecule has 1 unspecified atom stereocenters. The molecule has 2 aromatic rings. The number of hydrogen-bond donors (Lipinski definition) is 1. The third-order valence-electron chi connectivity index (χ3n) is 5.01. The van der Waals surface area contributed by atoms with Gasteiger partial charge < -0.3 is 19.5 Å². The number of aliphatic hydroxyl groups excluding tert-OH is 1. The molecular formula is C22H29NO4S. The number of carbonyl (C=O) groups is 1. The van der Waals surface area contributed by atoms with Crippen molar-refractivity contribution < 1.29 is 19.4 Å². The molecular weight excluding hydrogens is 374 g/mol. The lowest BCUT2D eigenvalue weighted by molar-refractivity contribution is 0.0482. The predicted octanol–water partition coefficient (Wildman–Crippen LogP) is 3.93. The van der Waals surface area contributed by atoms with Crippen LogP contribution in [0.3, 0.4) is 0 Å². The molecule has 0 aliphatic carbocycles. The molecule has 2 heterocycles. The van der Waals surface area contributed by atoms with Crippen molar-refractivity contribution in [3.63, 3.8) is 0 Å². The first-order chi connectivity index (χ1) is 13.7. The summed E-state index contributed by atoms with van der Waals surface area (Å²) in [6.07, 6.45) is 2.41. The summed E-state index contributed by atoms with van der Waals surface area (Å²) in [4.78, 5) is 14.8. The van der Waals surface area contributed by atoms with Crippen molar-refractivity contribution in [2.24, 2.45) is 0 Å². The number of aliphatic hydroxyl groups is 1. The number of benzene rings is 1. The largest absolute Gasteiger partial charge is 0.489 e. The highest BCUT2D eigenvalue weighted by Gasteiger charge is 2.23. The molecule has 6 heteroatoms. The minimum atomic E-state index is -0.590. The Hall–Kier alpha value is -1.89. The van der Waals surface area contributed by atoms with Crippen molar-refractivity contribution in [3.8, 4) is 5.75 Å². The summed E-state index contributed by atoms with van der Waals surface area (Å²) in [7, 11) is 0. The van der Waals surface area contributed by atoms with Crippen LogP contribution in [0.4, 0.5) is 0 Å². The lowest BCUT2D eigenvalue weighted by Crippen LogP contribution is -2.40. The van der Waals surface area contributed by atoms with E-state index >= 15 is 0 Å². The highest BCUT2D eigenvalue weighted by Crippen LogP contribution is 2.28. The van der Waals surface area contributed by atoms with Crippen molar-refractivity contribution in [2.45, 2.75) is 38.2 Å². The van der Waals surface area contributed by atoms with E-state index in [1.165, 1.54) is 16.9 Å². The van der Waals surface area contributed by atoms with Gasteiger partial charge in [0.15, 0.2) is 4.88 Å². The van der Waals surface area contributed by atoms with Crippen LogP contribution in [0, 0.1) is 0 Å². The fourth-order valence-corrected chi connectivity index (χ4v) is 4.26. The van der Waals surface area contributed by atoms with E-state index < -0.39 is 6.10 Å². The fraction of sp³-hybridized carbons (Fsp3) is 0.500. The van der Waals surface area contributed by atoms with Gasteiger partial charge in [-0.3, -0.25) is 0 Å². The molecule has 5 nitrogen and oxygen atoms in total. The SMILES string of the molecule is CCCOC(=O)c1sccc1OCC(O)CN1CCC(c2ccccc2)CC1. The second-order valence-electron chi connectivity index (χ2n) is 7.20. The monoisotopic (exact) mass is 403 g/mol. The Labute approximate surface area is 170 Å². The van der Waals surface area contributed by atoms with Crippen molar-refractivity contribution in [3.05, 3.63) is 52.2 Å². The van der Waals surface area contributed by atoms with Crippen LogP contribution in [0.1, 0.15) is 47.3 Å². The summed E-state index contributed by atoms with van der Waals surface area (Å²) in [6.45, 7) is 5.06. The molecule has 28 heavy (non-hydrogen) atoms. The molecule has 0 radical (unpaired) electrons. The maximum Gasteiger partial charge on any atom is 0.352 e. The summed E-state index contributed by atoms with van der Waals surface area (Å²) in [6, 6.07) is 12.4. The van der Waals surface area contributed by atoms with Gasteiger partial charge in [-0.2, -0.15) is 0 Å². The number of nitrogens with zero attached hydrogens (tertiary/aromatic N) is 1. The molecule has 0 bridgehead atoms. The molecule has 1 aromatic heterocycles. The van der Waals surface area contributed by atoms with Crippen molar-refractivity contribution in [2.75, 3.05) is 32.8 Å². The van der Waals surface area contributed by atoms with Crippen LogP contribution in [0.15, 0.2) is 41.8 Å². The number of hydrogen-bond acceptors (Lipinski definition) is 6. The number of thiophene rings is 1. The second kappa shape index (κ2) is 10.6. The quantitative estimate of drug-likeness (QED) is 0.643. The van der Waals surface area contributed by atoms with Gasteiger partial charge in [0.25, 0.3) is 0 Å². The Balaban J connectivity index is 1.41. The van der Waals surface area contributed by atoms with Crippen LogP contribution in [0.5, 0.6) is 5.75 Å². The van der Waals surface area contributed by atoms with Crippen LogP contribution >= 0.6 is 11.3 Å². The average Bonchev–Trinajstić information content (AvgIpc) is 3.20. The van der Waals surface area contributed by atoms with Gasteiger partial charge in [-0.25, -0.2) is 4.79 Å². The Bertz CT molecular complexity index is 725. The number of esters is 1. The molecule has 0 saturated carbocycles. The van der Waals surface area contributed by atoms with Gasteiger partial charge in [0.1, 0.15) is 18.5 Å². The predicted molar refractivity (Wildman–Crippen MR) is 111 cm³/mol. The van der Waals surface area contributed by atoms with Gasteiger partial charge in [-0.1, -0.05) is 37.3 Å². The van der Waals surface area contributed by atoms with E-state index in [0.717, 1.165) is 32.4 Å². The summed E-state index contributed by atoms with van der Waals surface area (Å²) in [5.41, 5.74) is 1.41. The average molecular weight is 404 g/mol. The van der Waals surface area contributed by atoms with Crippen LogP contribution in [0.2, 0.25) is 0 Å². The van der Waals surface area contributed by atoms with E-state index in [-0.39, 0.29) is 12.6 Å². The molecule has 1 atom stereocenters. The third kappa shape index (κ3) is 5.80. The van der Waals surface area contributed by atoms with E-state index in [9.17, 15) is 9.90 Å². The Morgan fingerprint density at radius 2 is 2.00 bits per heavy atom. The highest BCUT2D eigenvalue weighted by molar-refractivity contribution is 7.12. The van der Waals surface area contributed by atoms with Gasteiger partial charge in [-0.15, -0.1) is 11.3 Å². The summed E-state index contributed by atoms with van der Waals surface area (Å²) < 4.78 is 10.9. The first-order valence-corrected chi connectivity index (χ1v) is 10.9. The van der Waals surface area contributed by atoms with Crippen LogP contribution in [0.25, 0.3) is 0 Å². The number of β-amino-alcohol motifs (C(OH)–C–C–N with tert-alkyl or cyclic N) is 1. The molecule has 1 aliphatic rings. The number of carbonyl (C=O) groups excluding carboxylic acids is 1. The minimum Gasteiger partial charge on any atom is -0.489 e. The smallest absolute Gasteiger partial charge is 0.352 e. The molecule has 1 saturated heterocycles. The fourth-order valence-electron chi connectivity index (χ4n) is 3.53. The lowest BCUT2D eigenvalue weighted by Gasteiger charge is -2.33. The molecule has 3 rings (SSSR count). The number of piperidine rings is 1. The molecule has 1 N–H and O–H groups in total. The maximum atomic E-state index is 12.0. The third-order valence-corrected chi connectivity index (χ3v) is 5.89. The first kappa shape index (κ1) is 20.8. The summed E-state index contributed by atoms with van der Waals surface area (Å²) >= 11 is 1.30. The zero-order valence-corrected chi connectivity index (χ0v) is 17.2.